The zero-order valence-electron chi connectivity index (χ0n) is 19.8. The van der Waals surface area contributed by atoms with Gasteiger partial charge in [0.2, 0.25) is 5.91 Å². The summed E-state index contributed by atoms with van der Waals surface area (Å²) in [7, 11) is 0. The van der Waals surface area contributed by atoms with E-state index >= 15 is 0 Å². The van der Waals surface area contributed by atoms with Gasteiger partial charge < -0.3 is 19.5 Å². The van der Waals surface area contributed by atoms with Crippen LogP contribution in [0.25, 0.3) is 6.08 Å². The molecule has 6 heteroatoms. The van der Waals surface area contributed by atoms with Crippen molar-refractivity contribution < 1.29 is 19.4 Å². The molecular formula is C28H34N2O4. The van der Waals surface area contributed by atoms with Crippen molar-refractivity contribution >= 4 is 12.0 Å². The van der Waals surface area contributed by atoms with Gasteiger partial charge in [-0.2, -0.15) is 0 Å². The molecule has 1 aliphatic heterocycles. The first-order chi connectivity index (χ1) is 16.4. The predicted octanol–water partition coefficient (Wildman–Crippen LogP) is 3.88. The highest BCUT2D eigenvalue weighted by Crippen LogP contribution is 2.59. The summed E-state index contributed by atoms with van der Waals surface area (Å²) in [6, 6.07) is 7.46. The molecule has 180 valence electrons. The molecule has 2 bridgehead atoms. The Kier molecular flexibility index (Phi) is 5.90. The Balaban J connectivity index is 1.50. The van der Waals surface area contributed by atoms with Gasteiger partial charge in [0.15, 0.2) is 0 Å². The van der Waals surface area contributed by atoms with E-state index in [1.165, 1.54) is 5.56 Å². The maximum absolute atomic E-state index is 13.2. The fraction of sp³-hybridized carbons (Fsp3) is 0.464. The van der Waals surface area contributed by atoms with Gasteiger partial charge in [-0.25, -0.2) is 0 Å². The molecule has 6 nitrogen and oxygen atoms in total. The topological polar surface area (TPSA) is 77.2 Å². The van der Waals surface area contributed by atoms with Crippen molar-refractivity contribution in [1.29, 1.82) is 0 Å². The second-order valence-electron chi connectivity index (χ2n) is 10.0. The van der Waals surface area contributed by atoms with E-state index in [1.807, 2.05) is 36.1 Å². The molecule has 5 rings (SSSR count). The zero-order chi connectivity index (χ0) is 23.9. The number of nitrogens with zero attached hydrogens (tertiary/aromatic N) is 2. The van der Waals surface area contributed by atoms with Gasteiger partial charge in [0.05, 0.1) is 18.1 Å². The van der Waals surface area contributed by atoms with Crippen molar-refractivity contribution in [2.24, 2.45) is 0 Å². The molecule has 1 unspecified atom stereocenters. The Morgan fingerprint density at radius 2 is 2.21 bits per heavy atom. The summed E-state index contributed by atoms with van der Waals surface area (Å²) < 4.78 is 5.10. The summed E-state index contributed by atoms with van der Waals surface area (Å²) in [6.45, 7) is 8.16. The van der Waals surface area contributed by atoms with Gasteiger partial charge in [0.1, 0.15) is 5.75 Å². The number of hydrogen-bond donors (Lipinski definition) is 2. The second-order valence-corrected chi connectivity index (χ2v) is 10.0. The van der Waals surface area contributed by atoms with Gasteiger partial charge in [0, 0.05) is 42.2 Å². The molecule has 1 aromatic heterocycles. The molecule has 1 saturated carbocycles. The molecule has 2 aromatic rings. The molecular weight excluding hydrogens is 428 g/mol. The maximum atomic E-state index is 13.2. The molecule has 4 atom stereocenters. The van der Waals surface area contributed by atoms with Crippen molar-refractivity contribution in [3.8, 4) is 5.75 Å². The highest BCUT2D eigenvalue weighted by atomic mass is 16.3. The number of carbonyl (C=O) groups excluding carboxylic acids is 1. The predicted molar refractivity (Wildman–Crippen MR) is 131 cm³/mol. The van der Waals surface area contributed by atoms with Crippen molar-refractivity contribution in [2.75, 3.05) is 19.6 Å². The van der Waals surface area contributed by atoms with Crippen LogP contribution in [0.5, 0.6) is 5.75 Å². The molecule has 3 aliphatic rings. The van der Waals surface area contributed by atoms with Gasteiger partial charge in [0.25, 0.3) is 0 Å². The number of benzene rings is 1. The van der Waals surface area contributed by atoms with Gasteiger partial charge >= 0.3 is 0 Å². The Morgan fingerprint density at radius 3 is 2.94 bits per heavy atom. The summed E-state index contributed by atoms with van der Waals surface area (Å²) in [5, 5.41) is 22.7. The standard InChI is InChI=1S/C28H34N2O4/c1-3-13-29-14-12-27-18-22(30(4-2)26(32)8-5-20-10-15-34-19-20)9-11-28(27,33)25(29)16-21-6-7-23(31)17-24(21)27/h3,5-8,10,15,17,19,22,25,31,33H,1,4,9,11-14,16,18H2,2H3/b8-5+/t22?,25-,27-,28-/m1/s1. The lowest BCUT2D eigenvalue weighted by Gasteiger charge is -2.65. The monoisotopic (exact) mass is 462 g/mol. The molecule has 2 heterocycles. The van der Waals surface area contributed by atoms with Crippen LogP contribution in [0.1, 0.15) is 49.3 Å². The third-order valence-corrected chi connectivity index (χ3v) is 8.50. The number of piperidine rings is 1. The Morgan fingerprint density at radius 1 is 1.35 bits per heavy atom. The number of amides is 1. The van der Waals surface area contributed by atoms with Crippen molar-refractivity contribution in [2.45, 2.75) is 62.1 Å². The van der Waals surface area contributed by atoms with E-state index < -0.39 is 11.0 Å². The van der Waals surface area contributed by atoms with Crippen LogP contribution >= 0.6 is 0 Å². The average molecular weight is 463 g/mol. The van der Waals surface area contributed by atoms with Crippen LogP contribution < -0.4 is 0 Å². The lowest BCUT2D eigenvalue weighted by atomic mass is 9.48. The molecule has 2 fully saturated rings. The molecule has 0 spiro atoms. The zero-order valence-corrected chi connectivity index (χ0v) is 19.8. The highest BCUT2D eigenvalue weighted by molar-refractivity contribution is 5.92. The van der Waals surface area contributed by atoms with E-state index in [4.69, 9.17) is 4.42 Å². The van der Waals surface area contributed by atoms with Gasteiger partial charge in [-0.1, -0.05) is 12.1 Å². The van der Waals surface area contributed by atoms with Crippen LogP contribution in [0.15, 0.2) is 59.9 Å². The number of aromatic hydroxyl groups is 1. The number of hydrogen-bond acceptors (Lipinski definition) is 5. The van der Waals surface area contributed by atoms with Crippen LogP contribution in [-0.4, -0.2) is 63.2 Å². The van der Waals surface area contributed by atoms with Crippen LogP contribution in [0, 0.1) is 0 Å². The first-order valence-corrected chi connectivity index (χ1v) is 12.3. The van der Waals surface area contributed by atoms with Crippen LogP contribution in [0.4, 0.5) is 0 Å². The SMILES string of the molecule is C=CCN1CC[C@]23CC(N(CC)C(=O)/C=C/c4ccoc4)CC[C@@]2(O)[C@H]1Cc1ccc(O)cc13. The minimum atomic E-state index is -0.902. The van der Waals surface area contributed by atoms with Crippen LogP contribution in [0.3, 0.4) is 0 Å². The molecule has 1 aromatic carbocycles. The summed E-state index contributed by atoms with van der Waals surface area (Å²) in [5.41, 5.74) is 1.71. The molecule has 0 radical (unpaired) electrons. The normalized spacial score (nSPS) is 30.5. The first kappa shape index (κ1) is 22.9. The number of likely N-dealkylation sites (N-methyl/N-ethyl adjacent to an activating group) is 1. The minimum Gasteiger partial charge on any atom is -0.508 e. The number of fused-ring (bicyclic) bond motifs is 1. The average Bonchev–Trinajstić information content (AvgIpc) is 3.34. The van der Waals surface area contributed by atoms with Gasteiger partial charge in [-0.05, 0) is 81.0 Å². The third-order valence-electron chi connectivity index (χ3n) is 8.50. The van der Waals surface area contributed by atoms with E-state index in [0.29, 0.717) is 19.4 Å². The fourth-order valence-electron chi connectivity index (χ4n) is 6.95. The number of rotatable bonds is 6. The number of carbonyl (C=O) groups is 1. The highest BCUT2D eigenvalue weighted by Gasteiger charge is 2.64. The molecule has 2 aliphatic carbocycles. The minimum absolute atomic E-state index is 0.00371. The van der Waals surface area contributed by atoms with Gasteiger partial charge in [-0.15, -0.1) is 6.58 Å². The van der Waals surface area contributed by atoms with Crippen LogP contribution in [-0.2, 0) is 16.6 Å². The molecule has 1 amide bonds. The second kappa shape index (κ2) is 8.75. The summed E-state index contributed by atoms with van der Waals surface area (Å²) in [5.74, 6) is 0.208. The van der Waals surface area contributed by atoms with Crippen LogP contribution in [0.2, 0.25) is 0 Å². The van der Waals surface area contributed by atoms with Crippen molar-refractivity contribution in [3.05, 3.63) is 72.2 Å². The van der Waals surface area contributed by atoms with E-state index in [-0.39, 0.29) is 23.7 Å². The maximum Gasteiger partial charge on any atom is 0.246 e. The number of aliphatic hydroxyl groups is 1. The summed E-state index contributed by atoms with van der Waals surface area (Å²) >= 11 is 0. The Labute approximate surface area is 201 Å². The summed E-state index contributed by atoms with van der Waals surface area (Å²) in [6.07, 6.45) is 12.1. The van der Waals surface area contributed by atoms with E-state index in [9.17, 15) is 15.0 Å². The van der Waals surface area contributed by atoms with Crippen molar-refractivity contribution in [1.82, 2.24) is 9.80 Å². The van der Waals surface area contributed by atoms with Gasteiger partial charge in [-0.3, -0.25) is 9.69 Å². The van der Waals surface area contributed by atoms with E-state index in [2.05, 4.69) is 11.5 Å². The number of likely N-dealkylation sites (tertiary alicyclic amines) is 1. The molecule has 34 heavy (non-hydrogen) atoms. The van der Waals surface area contributed by atoms with E-state index in [1.54, 1.807) is 30.7 Å². The third kappa shape index (κ3) is 3.51. The smallest absolute Gasteiger partial charge is 0.246 e. The Hall–Kier alpha value is -2.83. The number of phenols is 1. The van der Waals surface area contributed by atoms with Crippen molar-refractivity contribution in [3.63, 3.8) is 0 Å². The summed E-state index contributed by atoms with van der Waals surface area (Å²) in [4.78, 5) is 17.5. The first-order valence-electron chi connectivity index (χ1n) is 12.3. The largest absolute Gasteiger partial charge is 0.508 e. The number of phenolic OH excluding ortho intramolecular Hbond substituents is 1. The molecule has 1 saturated heterocycles. The Bertz CT molecular complexity index is 1090. The lowest BCUT2D eigenvalue weighted by molar-refractivity contribution is -0.176. The number of furan rings is 1. The molecule has 2 N–H and O–H groups in total. The quantitative estimate of drug-likeness (QED) is 0.503. The lowest BCUT2D eigenvalue weighted by Crippen LogP contribution is -2.74. The fourth-order valence-corrected chi connectivity index (χ4v) is 6.95. The van der Waals surface area contributed by atoms with E-state index in [0.717, 1.165) is 43.5 Å².